The third-order valence-electron chi connectivity index (χ3n) is 4.04. The van der Waals surface area contributed by atoms with E-state index in [1.54, 1.807) is 32.9 Å². The Bertz CT molecular complexity index is 914. The van der Waals surface area contributed by atoms with E-state index in [9.17, 15) is 9.59 Å². The minimum absolute atomic E-state index is 0.302. The molecule has 0 aromatic heterocycles. The molecule has 0 aliphatic rings. The van der Waals surface area contributed by atoms with Gasteiger partial charge in [0.1, 0.15) is 0 Å². The van der Waals surface area contributed by atoms with E-state index < -0.39 is 5.97 Å². The molecule has 0 bridgehead atoms. The molecule has 0 saturated carbocycles. The fraction of sp³-hybridized carbons (Fsp3) is 0.167. The summed E-state index contributed by atoms with van der Waals surface area (Å²) in [5, 5.41) is 8.92. The molecule has 0 saturated heterocycles. The molecular formula is C24H24O4. The van der Waals surface area contributed by atoms with E-state index in [1.807, 2.05) is 60.7 Å². The maximum Gasteiger partial charge on any atom is 0.333 e. The van der Waals surface area contributed by atoms with Crippen LogP contribution in [0.5, 0.6) is 0 Å². The van der Waals surface area contributed by atoms with Crippen molar-refractivity contribution in [1.29, 1.82) is 0 Å². The zero-order valence-electron chi connectivity index (χ0n) is 16.3. The first-order chi connectivity index (χ1) is 13.4. The van der Waals surface area contributed by atoms with Crippen molar-refractivity contribution in [3.05, 3.63) is 81.9 Å². The highest BCUT2D eigenvalue weighted by Crippen LogP contribution is 2.14. The summed E-state index contributed by atoms with van der Waals surface area (Å²) in [5.74, 6) is -1.22. The van der Waals surface area contributed by atoms with Crippen molar-refractivity contribution in [1.82, 2.24) is 0 Å². The average molecular weight is 376 g/mol. The van der Waals surface area contributed by atoms with Crippen molar-refractivity contribution in [2.75, 3.05) is 6.61 Å². The van der Waals surface area contributed by atoms with Gasteiger partial charge in [0.25, 0.3) is 0 Å². The smallest absolute Gasteiger partial charge is 0.333 e. The molecule has 0 spiro atoms. The number of rotatable bonds is 7. The molecule has 0 aliphatic heterocycles. The lowest BCUT2D eigenvalue weighted by molar-refractivity contribution is -0.138. The first kappa shape index (κ1) is 20.9. The van der Waals surface area contributed by atoms with Gasteiger partial charge < -0.3 is 9.84 Å². The van der Waals surface area contributed by atoms with Crippen LogP contribution in [0.4, 0.5) is 0 Å². The minimum atomic E-state index is -0.917. The molecule has 0 unspecified atom stereocenters. The fourth-order valence-electron chi connectivity index (χ4n) is 2.46. The summed E-state index contributed by atoms with van der Waals surface area (Å²) in [7, 11) is 0. The second kappa shape index (κ2) is 10.1. The first-order valence-electron chi connectivity index (χ1n) is 9.04. The lowest BCUT2D eigenvalue weighted by Gasteiger charge is -2.02. The van der Waals surface area contributed by atoms with Crippen molar-refractivity contribution >= 4 is 36.2 Å². The average Bonchev–Trinajstić information content (AvgIpc) is 2.68. The summed E-state index contributed by atoms with van der Waals surface area (Å²) in [4.78, 5) is 22.5. The summed E-state index contributed by atoms with van der Waals surface area (Å²) in [5.41, 5.74) is 4.72. The SMILES string of the molecule is CCOC(=O)C(C)=Cc1ccc(C=Cc2ccc(C=C(C)C(=O)O)cc2)cc1. The number of aliphatic carboxylic acids is 1. The molecule has 0 radical (unpaired) electrons. The van der Waals surface area contributed by atoms with Gasteiger partial charge in [0.15, 0.2) is 0 Å². The predicted molar refractivity (Wildman–Crippen MR) is 113 cm³/mol. The molecule has 0 heterocycles. The minimum Gasteiger partial charge on any atom is -0.478 e. The molecule has 0 aliphatic carbocycles. The first-order valence-corrected chi connectivity index (χ1v) is 9.04. The van der Waals surface area contributed by atoms with Crippen LogP contribution < -0.4 is 0 Å². The van der Waals surface area contributed by atoms with Crippen LogP contribution in [0, 0.1) is 0 Å². The van der Waals surface area contributed by atoms with Crippen molar-refractivity contribution in [2.45, 2.75) is 20.8 Å². The zero-order chi connectivity index (χ0) is 20.5. The van der Waals surface area contributed by atoms with Crippen LogP contribution in [0.1, 0.15) is 43.0 Å². The van der Waals surface area contributed by atoms with Crippen LogP contribution in [0.25, 0.3) is 24.3 Å². The number of carboxylic acids is 1. The summed E-state index contributed by atoms with van der Waals surface area (Å²) in [6.45, 7) is 5.46. The van der Waals surface area contributed by atoms with Gasteiger partial charge in [-0.05, 0) is 55.2 Å². The normalized spacial score (nSPS) is 12.2. The van der Waals surface area contributed by atoms with Crippen molar-refractivity contribution in [3.8, 4) is 0 Å². The van der Waals surface area contributed by atoms with Gasteiger partial charge in [-0.2, -0.15) is 0 Å². The van der Waals surface area contributed by atoms with E-state index in [0.29, 0.717) is 17.8 Å². The topological polar surface area (TPSA) is 63.6 Å². The number of hydrogen-bond acceptors (Lipinski definition) is 3. The number of esters is 1. The van der Waals surface area contributed by atoms with Gasteiger partial charge in [-0.3, -0.25) is 0 Å². The van der Waals surface area contributed by atoms with Crippen LogP contribution in [-0.4, -0.2) is 23.7 Å². The van der Waals surface area contributed by atoms with Gasteiger partial charge in [-0.25, -0.2) is 9.59 Å². The molecule has 1 N–H and O–H groups in total. The van der Waals surface area contributed by atoms with Gasteiger partial charge in [0.2, 0.25) is 0 Å². The van der Waals surface area contributed by atoms with Crippen molar-refractivity contribution < 1.29 is 19.4 Å². The van der Waals surface area contributed by atoms with Gasteiger partial charge in [-0.15, -0.1) is 0 Å². The summed E-state index contributed by atoms with van der Waals surface area (Å²) in [6.07, 6.45) is 7.43. The summed E-state index contributed by atoms with van der Waals surface area (Å²) < 4.78 is 4.98. The quantitative estimate of drug-likeness (QED) is 0.404. The van der Waals surface area contributed by atoms with E-state index in [2.05, 4.69) is 0 Å². The van der Waals surface area contributed by atoms with Gasteiger partial charge in [-0.1, -0.05) is 60.7 Å². The Balaban J connectivity index is 2.05. The van der Waals surface area contributed by atoms with Crippen LogP contribution in [0.2, 0.25) is 0 Å². The second-order valence-corrected chi connectivity index (χ2v) is 6.35. The molecule has 0 amide bonds. The largest absolute Gasteiger partial charge is 0.478 e. The number of benzene rings is 2. The molecular weight excluding hydrogens is 352 g/mol. The number of carbonyl (C=O) groups excluding carboxylic acids is 1. The highest BCUT2D eigenvalue weighted by Gasteiger charge is 2.04. The number of carboxylic acid groups (broad SMARTS) is 1. The maximum absolute atomic E-state index is 11.7. The second-order valence-electron chi connectivity index (χ2n) is 6.35. The third-order valence-corrected chi connectivity index (χ3v) is 4.04. The van der Waals surface area contributed by atoms with Gasteiger partial charge in [0.05, 0.1) is 6.61 Å². The van der Waals surface area contributed by atoms with E-state index >= 15 is 0 Å². The van der Waals surface area contributed by atoms with Crippen LogP contribution in [-0.2, 0) is 14.3 Å². The highest BCUT2D eigenvalue weighted by atomic mass is 16.5. The van der Waals surface area contributed by atoms with Crippen molar-refractivity contribution in [3.63, 3.8) is 0 Å². The summed E-state index contributed by atoms with van der Waals surface area (Å²) in [6, 6.07) is 15.5. The predicted octanol–water partition coefficient (Wildman–Crippen LogP) is 5.31. The standard InChI is InChI=1S/C24H24O4/c1-4-28-24(27)18(3)16-22-13-9-20(10-14-22)6-5-19-7-11-21(12-8-19)15-17(2)23(25)26/h5-16H,4H2,1-3H3,(H,25,26). The lowest BCUT2D eigenvalue weighted by Crippen LogP contribution is -2.04. The lowest BCUT2D eigenvalue weighted by atomic mass is 10.1. The number of ether oxygens (including phenoxy) is 1. The Morgan fingerprint density at radius 2 is 1.18 bits per heavy atom. The fourth-order valence-corrected chi connectivity index (χ4v) is 2.46. The van der Waals surface area contributed by atoms with Crippen LogP contribution >= 0.6 is 0 Å². The van der Waals surface area contributed by atoms with Crippen molar-refractivity contribution in [2.24, 2.45) is 0 Å². The molecule has 0 atom stereocenters. The van der Waals surface area contributed by atoms with Gasteiger partial charge >= 0.3 is 11.9 Å². The molecule has 2 aromatic carbocycles. The Morgan fingerprint density at radius 1 is 0.786 bits per heavy atom. The maximum atomic E-state index is 11.7. The molecule has 0 fully saturated rings. The van der Waals surface area contributed by atoms with E-state index in [1.165, 1.54) is 0 Å². The molecule has 2 rings (SSSR count). The molecule has 28 heavy (non-hydrogen) atoms. The Morgan fingerprint density at radius 3 is 1.57 bits per heavy atom. The molecule has 4 heteroatoms. The number of carbonyl (C=O) groups is 2. The Kier molecular flexibility index (Phi) is 7.52. The monoisotopic (exact) mass is 376 g/mol. The number of hydrogen-bond donors (Lipinski definition) is 1. The summed E-state index contributed by atoms with van der Waals surface area (Å²) >= 11 is 0. The Hall–Kier alpha value is -3.40. The zero-order valence-corrected chi connectivity index (χ0v) is 16.3. The van der Waals surface area contributed by atoms with E-state index in [4.69, 9.17) is 9.84 Å². The van der Waals surface area contributed by atoms with E-state index in [0.717, 1.165) is 22.3 Å². The van der Waals surface area contributed by atoms with Gasteiger partial charge in [0, 0.05) is 11.1 Å². The van der Waals surface area contributed by atoms with E-state index in [-0.39, 0.29) is 5.97 Å². The molecule has 4 nitrogen and oxygen atoms in total. The van der Waals surface area contributed by atoms with Crippen LogP contribution in [0.15, 0.2) is 59.7 Å². The Labute approximate surface area is 165 Å². The van der Waals surface area contributed by atoms with Crippen LogP contribution in [0.3, 0.4) is 0 Å². The third kappa shape index (κ3) is 6.40. The highest BCUT2D eigenvalue weighted by molar-refractivity contribution is 5.93. The molecule has 2 aromatic rings. The molecule has 144 valence electrons.